The third kappa shape index (κ3) is 5.26. The first-order valence-electron chi connectivity index (χ1n) is 10.4. The van der Waals surface area contributed by atoms with Crippen molar-refractivity contribution in [3.8, 4) is 11.5 Å². The average molecular weight is 434 g/mol. The molecule has 0 radical (unpaired) electrons. The number of amides is 3. The number of phenols is 2. The van der Waals surface area contributed by atoms with Gasteiger partial charge in [-0.1, -0.05) is 6.07 Å². The minimum atomic E-state index is -1.43. The largest absolute Gasteiger partial charge is 0.504 e. The number of carbonyl (C=O) groups is 3. The van der Waals surface area contributed by atoms with Gasteiger partial charge in [0, 0.05) is 39.1 Å². The number of benzene rings is 1. The molecule has 0 saturated carbocycles. The van der Waals surface area contributed by atoms with E-state index in [1.54, 1.807) is 4.90 Å². The lowest BCUT2D eigenvalue weighted by atomic mass is 9.99. The van der Waals surface area contributed by atoms with E-state index in [2.05, 4.69) is 10.2 Å². The second-order valence-electron chi connectivity index (χ2n) is 8.24. The van der Waals surface area contributed by atoms with Crippen LogP contribution in [0.25, 0.3) is 0 Å². The van der Waals surface area contributed by atoms with Crippen LogP contribution in [0.4, 0.5) is 0 Å². The summed E-state index contributed by atoms with van der Waals surface area (Å²) >= 11 is 0. The highest BCUT2D eigenvalue weighted by molar-refractivity contribution is 5.93. The van der Waals surface area contributed by atoms with Crippen LogP contribution in [0.15, 0.2) is 18.2 Å². The van der Waals surface area contributed by atoms with Gasteiger partial charge in [0.1, 0.15) is 18.2 Å². The average Bonchev–Trinajstić information content (AvgIpc) is 2.70. The molecule has 2 heterocycles. The van der Waals surface area contributed by atoms with Gasteiger partial charge in [-0.15, -0.1) is 0 Å². The fourth-order valence-corrected chi connectivity index (χ4v) is 3.78. The topological polar surface area (TPSA) is 134 Å². The predicted octanol–water partition coefficient (Wildman–Crippen LogP) is -1.12. The van der Waals surface area contributed by atoms with Gasteiger partial charge in [-0.3, -0.25) is 14.4 Å². The molecule has 0 spiro atoms. The number of likely N-dealkylation sites (N-methyl/N-ethyl adjacent to an activating group) is 1. The Kier molecular flexibility index (Phi) is 7.01. The maximum absolute atomic E-state index is 12.8. The van der Waals surface area contributed by atoms with Crippen molar-refractivity contribution in [2.45, 2.75) is 38.0 Å². The molecule has 4 N–H and O–H groups in total. The summed E-state index contributed by atoms with van der Waals surface area (Å²) in [7, 11) is 2.00. The number of nitrogens with one attached hydrogen (secondary N) is 1. The molecule has 3 unspecified atom stereocenters. The summed E-state index contributed by atoms with van der Waals surface area (Å²) in [4.78, 5) is 43.2. The van der Waals surface area contributed by atoms with Gasteiger partial charge in [-0.25, -0.2) is 0 Å². The molecule has 10 heteroatoms. The number of carbonyl (C=O) groups excluding carboxylic acids is 3. The van der Waals surface area contributed by atoms with E-state index in [0.29, 0.717) is 31.6 Å². The lowest BCUT2D eigenvalue weighted by Gasteiger charge is -2.44. The van der Waals surface area contributed by atoms with Crippen molar-refractivity contribution in [1.82, 2.24) is 20.0 Å². The Morgan fingerprint density at radius 2 is 1.77 bits per heavy atom. The van der Waals surface area contributed by atoms with E-state index in [1.807, 2.05) is 7.05 Å². The van der Waals surface area contributed by atoms with Crippen LogP contribution < -0.4 is 5.32 Å². The van der Waals surface area contributed by atoms with Crippen molar-refractivity contribution in [2.24, 2.45) is 0 Å². The Hall–Kier alpha value is -2.85. The van der Waals surface area contributed by atoms with Crippen molar-refractivity contribution in [3.05, 3.63) is 23.8 Å². The van der Waals surface area contributed by atoms with Crippen LogP contribution in [0.5, 0.6) is 11.5 Å². The number of likely N-dealkylation sites (tertiary alicyclic amines) is 1. The Morgan fingerprint density at radius 3 is 2.35 bits per heavy atom. The van der Waals surface area contributed by atoms with Crippen molar-refractivity contribution in [1.29, 1.82) is 0 Å². The van der Waals surface area contributed by atoms with E-state index >= 15 is 0 Å². The molecule has 3 rings (SSSR count). The zero-order valence-corrected chi connectivity index (χ0v) is 17.8. The Labute approximate surface area is 181 Å². The van der Waals surface area contributed by atoms with E-state index in [4.69, 9.17) is 0 Å². The zero-order chi connectivity index (χ0) is 22.7. The standard InChI is InChI=1S/C21H30N4O6/c1-13(22-19(29)18(28)12-14-3-4-16(26)17(27)11-14)20(30)25-6-5-15(25)21(31)24-9-7-23(2)8-10-24/h3-4,11,13,15,18,26-28H,5-10,12H2,1-2H3,(H,22,29). The fraction of sp³-hybridized carbons (Fsp3) is 0.571. The monoisotopic (exact) mass is 434 g/mol. The van der Waals surface area contributed by atoms with Gasteiger partial charge in [-0.05, 0) is 38.1 Å². The van der Waals surface area contributed by atoms with Crippen LogP contribution in [0.2, 0.25) is 0 Å². The molecular formula is C21H30N4O6. The highest BCUT2D eigenvalue weighted by Crippen LogP contribution is 2.25. The molecule has 10 nitrogen and oxygen atoms in total. The number of hydrogen-bond acceptors (Lipinski definition) is 7. The highest BCUT2D eigenvalue weighted by Gasteiger charge is 2.41. The molecule has 0 bridgehead atoms. The van der Waals surface area contributed by atoms with Crippen LogP contribution in [-0.4, -0.2) is 106 Å². The molecule has 2 fully saturated rings. The minimum Gasteiger partial charge on any atom is -0.504 e. The van der Waals surface area contributed by atoms with Crippen LogP contribution >= 0.6 is 0 Å². The molecule has 1 aromatic carbocycles. The number of hydrogen-bond donors (Lipinski definition) is 4. The maximum atomic E-state index is 12.8. The molecule has 0 aromatic heterocycles. The summed E-state index contributed by atoms with van der Waals surface area (Å²) in [6.07, 6.45) is -0.919. The quantitative estimate of drug-likeness (QED) is 0.417. The van der Waals surface area contributed by atoms with Crippen molar-refractivity contribution in [2.75, 3.05) is 39.8 Å². The van der Waals surface area contributed by atoms with Gasteiger partial charge in [0.15, 0.2) is 11.5 Å². The van der Waals surface area contributed by atoms with E-state index in [0.717, 1.165) is 13.1 Å². The Morgan fingerprint density at radius 1 is 1.10 bits per heavy atom. The van der Waals surface area contributed by atoms with Crippen LogP contribution in [0.3, 0.4) is 0 Å². The van der Waals surface area contributed by atoms with Crippen molar-refractivity contribution >= 4 is 17.7 Å². The third-order valence-electron chi connectivity index (χ3n) is 5.90. The van der Waals surface area contributed by atoms with Crippen molar-refractivity contribution in [3.63, 3.8) is 0 Å². The van der Waals surface area contributed by atoms with Gasteiger partial charge in [0.25, 0.3) is 0 Å². The van der Waals surface area contributed by atoms with Crippen LogP contribution in [0, 0.1) is 0 Å². The number of aliphatic hydroxyl groups excluding tert-OH is 1. The first-order valence-corrected chi connectivity index (χ1v) is 10.4. The smallest absolute Gasteiger partial charge is 0.249 e. The number of nitrogens with zero attached hydrogens (tertiary/aromatic N) is 3. The molecule has 2 aliphatic heterocycles. The number of aromatic hydroxyl groups is 2. The molecule has 31 heavy (non-hydrogen) atoms. The molecular weight excluding hydrogens is 404 g/mol. The van der Waals surface area contributed by atoms with Crippen LogP contribution in [0.1, 0.15) is 18.9 Å². The number of piperazine rings is 1. The van der Waals surface area contributed by atoms with E-state index in [9.17, 15) is 29.7 Å². The van der Waals surface area contributed by atoms with Crippen LogP contribution in [-0.2, 0) is 20.8 Å². The maximum Gasteiger partial charge on any atom is 0.249 e. The Balaban J connectivity index is 1.51. The molecule has 2 saturated heterocycles. The summed E-state index contributed by atoms with van der Waals surface area (Å²) in [5.74, 6) is -1.78. The molecule has 3 amide bonds. The SMILES string of the molecule is CC(NC(=O)C(O)Cc1ccc(O)c(O)c1)C(=O)N1CCC1C(=O)N1CCN(C)CC1. The molecule has 0 aliphatic carbocycles. The summed E-state index contributed by atoms with van der Waals surface area (Å²) in [6.45, 7) is 4.86. The number of phenolic OH excluding ortho intramolecular Hbond substituents is 2. The van der Waals surface area contributed by atoms with E-state index in [1.165, 1.54) is 30.0 Å². The minimum absolute atomic E-state index is 0.0570. The van der Waals surface area contributed by atoms with Gasteiger partial charge < -0.3 is 35.3 Å². The third-order valence-corrected chi connectivity index (χ3v) is 5.90. The van der Waals surface area contributed by atoms with Gasteiger partial charge in [0.2, 0.25) is 17.7 Å². The number of aliphatic hydroxyl groups is 1. The van der Waals surface area contributed by atoms with Gasteiger partial charge in [0.05, 0.1) is 0 Å². The second kappa shape index (κ2) is 9.52. The molecule has 1 aromatic rings. The lowest BCUT2D eigenvalue weighted by Crippen LogP contribution is -2.64. The summed E-state index contributed by atoms with van der Waals surface area (Å²) in [5, 5.41) is 31.5. The van der Waals surface area contributed by atoms with Gasteiger partial charge >= 0.3 is 0 Å². The number of rotatable bonds is 6. The summed E-state index contributed by atoms with van der Waals surface area (Å²) in [6, 6.07) is 2.62. The molecule has 170 valence electrons. The molecule has 3 atom stereocenters. The lowest BCUT2D eigenvalue weighted by molar-refractivity contribution is -0.155. The van der Waals surface area contributed by atoms with Gasteiger partial charge in [-0.2, -0.15) is 0 Å². The van der Waals surface area contributed by atoms with Crippen molar-refractivity contribution < 1.29 is 29.7 Å². The zero-order valence-electron chi connectivity index (χ0n) is 17.8. The first-order chi connectivity index (χ1) is 14.7. The normalized spacial score (nSPS) is 21.2. The Bertz CT molecular complexity index is 839. The summed E-state index contributed by atoms with van der Waals surface area (Å²) < 4.78 is 0. The van der Waals surface area contributed by atoms with E-state index in [-0.39, 0.29) is 29.7 Å². The fourth-order valence-electron chi connectivity index (χ4n) is 3.78. The van der Waals surface area contributed by atoms with E-state index < -0.39 is 24.1 Å². The summed E-state index contributed by atoms with van der Waals surface area (Å²) in [5.41, 5.74) is 0.456. The highest BCUT2D eigenvalue weighted by atomic mass is 16.3. The second-order valence-corrected chi connectivity index (χ2v) is 8.24. The first kappa shape index (κ1) is 22.8. The molecule has 2 aliphatic rings. The predicted molar refractivity (Wildman–Crippen MR) is 111 cm³/mol.